The van der Waals surface area contributed by atoms with Crippen LogP contribution < -0.4 is 11.5 Å². The summed E-state index contributed by atoms with van der Waals surface area (Å²) in [6.45, 7) is 7.11. The minimum atomic E-state index is -0.931. The van der Waals surface area contributed by atoms with Gasteiger partial charge in [-0.3, -0.25) is 9.59 Å². The van der Waals surface area contributed by atoms with E-state index in [0.717, 1.165) is 0 Å². The third-order valence-electron chi connectivity index (χ3n) is 2.01. The first-order valence-corrected chi connectivity index (χ1v) is 5.08. The van der Waals surface area contributed by atoms with Crippen LogP contribution >= 0.6 is 0 Å². The highest BCUT2D eigenvalue weighted by Gasteiger charge is 2.14. The molecule has 0 heterocycles. The molecule has 0 amide bonds. The molecule has 0 unspecified atom stereocenters. The summed E-state index contributed by atoms with van der Waals surface area (Å²) in [5.74, 6) is -1.82. The molecule has 0 saturated heterocycles. The van der Waals surface area contributed by atoms with E-state index >= 15 is 0 Å². The van der Waals surface area contributed by atoms with Crippen LogP contribution in [0.2, 0.25) is 0 Å². The van der Waals surface area contributed by atoms with Crippen molar-refractivity contribution in [2.45, 2.75) is 39.8 Å². The van der Waals surface area contributed by atoms with E-state index < -0.39 is 24.0 Å². The molecule has 0 aromatic carbocycles. The lowest BCUT2D eigenvalue weighted by Gasteiger charge is -2.07. The third-order valence-corrected chi connectivity index (χ3v) is 2.01. The van der Waals surface area contributed by atoms with Crippen LogP contribution in [0.1, 0.15) is 27.7 Å². The smallest absolute Gasteiger partial charge is 0.320 e. The molecular weight excluding hydrogens is 212 g/mol. The van der Waals surface area contributed by atoms with Gasteiger partial charge in [0.1, 0.15) is 12.1 Å². The summed E-state index contributed by atoms with van der Waals surface area (Å²) < 4.78 is 0. The Hall–Kier alpha value is -1.14. The van der Waals surface area contributed by atoms with Crippen LogP contribution in [0.15, 0.2) is 0 Å². The lowest BCUT2D eigenvalue weighted by atomic mass is 10.1. The summed E-state index contributed by atoms with van der Waals surface area (Å²) in [7, 11) is 0. The fourth-order valence-corrected chi connectivity index (χ4v) is 0.570. The first kappa shape index (κ1) is 17.3. The van der Waals surface area contributed by atoms with Crippen LogP contribution in [0.5, 0.6) is 0 Å². The van der Waals surface area contributed by atoms with Crippen LogP contribution in [0.4, 0.5) is 0 Å². The van der Waals surface area contributed by atoms with E-state index in [1.165, 1.54) is 0 Å². The largest absolute Gasteiger partial charge is 0.480 e. The number of hydrogen-bond donors (Lipinski definition) is 4. The fourth-order valence-electron chi connectivity index (χ4n) is 0.570. The molecule has 0 spiro atoms. The van der Waals surface area contributed by atoms with E-state index in [1.807, 2.05) is 0 Å². The van der Waals surface area contributed by atoms with Gasteiger partial charge in [-0.15, -0.1) is 0 Å². The van der Waals surface area contributed by atoms with E-state index in [2.05, 4.69) is 0 Å². The summed E-state index contributed by atoms with van der Waals surface area (Å²) in [5, 5.41) is 16.5. The van der Waals surface area contributed by atoms with Crippen molar-refractivity contribution >= 4 is 11.9 Å². The Morgan fingerprint density at radius 1 is 0.812 bits per heavy atom. The number of rotatable bonds is 4. The standard InChI is InChI=1S/2C5H11NO2/c2*1-3(2)4(6)5(7)8/h2*3-4H,6H2,1-2H3,(H,7,8)/t2*4-/m10/s1. The van der Waals surface area contributed by atoms with Gasteiger partial charge < -0.3 is 21.7 Å². The second-order valence-corrected chi connectivity index (χ2v) is 4.22. The van der Waals surface area contributed by atoms with Crippen molar-refractivity contribution in [3.05, 3.63) is 0 Å². The van der Waals surface area contributed by atoms with E-state index in [-0.39, 0.29) is 11.8 Å². The molecule has 6 heteroatoms. The molecule has 0 rings (SSSR count). The van der Waals surface area contributed by atoms with Gasteiger partial charge in [0, 0.05) is 0 Å². The van der Waals surface area contributed by atoms with Gasteiger partial charge in [0.25, 0.3) is 0 Å². The number of aliphatic carboxylic acids is 2. The molecule has 6 N–H and O–H groups in total. The maximum absolute atomic E-state index is 10.0. The average molecular weight is 234 g/mol. The summed E-state index contributed by atoms with van der Waals surface area (Å²) in [5.41, 5.74) is 10.3. The van der Waals surface area contributed by atoms with Crippen LogP contribution in [0, 0.1) is 11.8 Å². The molecule has 0 bridgehead atoms. The first-order chi connectivity index (χ1) is 7.11. The highest BCUT2D eigenvalue weighted by atomic mass is 16.4. The SMILES string of the molecule is CC(C)[C@@H](N)C(=O)O.CC(C)[C@H](N)C(=O)O. The van der Waals surface area contributed by atoms with Crippen molar-refractivity contribution < 1.29 is 19.8 Å². The Bertz CT molecular complexity index is 205. The molecule has 0 aliphatic heterocycles. The molecule has 2 atom stereocenters. The van der Waals surface area contributed by atoms with Gasteiger partial charge in [-0.25, -0.2) is 0 Å². The quantitative estimate of drug-likeness (QED) is 0.546. The first-order valence-electron chi connectivity index (χ1n) is 5.08. The van der Waals surface area contributed by atoms with Crippen molar-refractivity contribution in [2.75, 3.05) is 0 Å². The van der Waals surface area contributed by atoms with E-state index in [9.17, 15) is 9.59 Å². The number of hydrogen-bond acceptors (Lipinski definition) is 4. The monoisotopic (exact) mass is 234 g/mol. The molecule has 0 aromatic heterocycles. The highest BCUT2D eigenvalue weighted by molar-refractivity contribution is 5.73. The molecule has 96 valence electrons. The molecule has 0 fully saturated rings. The van der Waals surface area contributed by atoms with Gasteiger partial charge >= 0.3 is 11.9 Å². The Morgan fingerprint density at radius 3 is 1.00 bits per heavy atom. The molecule has 6 nitrogen and oxygen atoms in total. The van der Waals surface area contributed by atoms with Crippen LogP contribution in [-0.4, -0.2) is 34.2 Å². The predicted molar refractivity (Wildman–Crippen MR) is 60.9 cm³/mol. The van der Waals surface area contributed by atoms with E-state index in [0.29, 0.717) is 0 Å². The lowest BCUT2D eigenvalue weighted by Crippen LogP contribution is -2.34. The number of carbonyl (C=O) groups is 2. The van der Waals surface area contributed by atoms with E-state index in [1.54, 1.807) is 27.7 Å². The molecule has 0 aliphatic carbocycles. The van der Waals surface area contributed by atoms with Gasteiger partial charge in [0.05, 0.1) is 0 Å². The van der Waals surface area contributed by atoms with E-state index in [4.69, 9.17) is 21.7 Å². The van der Waals surface area contributed by atoms with Crippen LogP contribution in [-0.2, 0) is 9.59 Å². The second kappa shape index (κ2) is 8.06. The molecule has 0 saturated carbocycles. The van der Waals surface area contributed by atoms with Crippen LogP contribution in [0.25, 0.3) is 0 Å². The Balaban J connectivity index is 0. The van der Waals surface area contributed by atoms with Crippen LogP contribution in [0.3, 0.4) is 0 Å². The minimum Gasteiger partial charge on any atom is -0.480 e. The number of carboxylic acids is 2. The Morgan fingerprint density at radius 2 is 1.00 bits per heavy atom. The average Bonchev–Trinajstić information content (AvgIpc) is 2.15. The highest BCUT2D eigenvalue weighted by Crippen LogP contribution is 1.96. The zero-order valence-corrected chi connectivity index (χ0v) is 10.2. The van der Waals surface area contributed by atoms with Crippen molar-refractivity contribution in [1.82, 2.24) is 0 Å². The predicted octanol–water partition coefficient (Wildman–Crippen LogP) is 0.109. The molecular formula is C10H22N2O4. The second-order valence-electron chi connectivity index (χ2n) is 4.22. The summed E-state index contributed by atoms with van der Waals surface area (Å²) >= 11 is 0. The maximum atomic E-state index is 10.0. The summed E-state index contributed by atoms with van der Waals surface area (Å²) in [6.07, 6.45) is 0. The van der Waals surface area contributed by atoms with Crippen molar-refractivity contribution in [2.24, 2.45) is 23.3 Å². The maximum Gasteiger partial charge on any atom is 0.320 e. The zero-order valence-electron chi connectivity index (χ0n) is 10.2. The van der Waals surface area contributed by atoms with Gasteiger partial charge in [0.15, 0.2) is 0 Å². The summed E-state index contributed by atoms with van der Waals surface area (Å²) in [4.78, 5) is 20.0. The third kappa shape index (κ3) is 8.19. The van der Waals surface area contributed by atoms with Gasteiger partial charge in [-0.2, -0.15) is 0 Å². The zero-order chi connectivity index (χ0) is 13.5. The van der Waals surface area contributed by atoms with Gasteiger partial charge in [0.2, 0.25) is 0 Å². The van der Waals surface area contributed by atoms with Crippen molar-refractivity contribution in [1.29, 1.82) is 0 Å². The summed E-state index contributed by atoms with van der Waals surface area (Å²) in [6, 6.07) is -1.43. The fraction of sp³-hybridized carbons (Fsp3) is 0.800. The Kier molecular flexibility index (Phi) is 8.70. The van der Waals surface area contributed by atoms with Crippen molar-refractivity contribution in [3.63, 3.8) is 0 Å². The Labute approximate surface area is 95.6 Å². The lowest BCUT2D eigenvalue weighted by molar-refractivity contribution is -0.140. The number of carboxylic acid groups (broad SMARTS) is 2. The molecule has 16 heavy (non-hydrogen) atoms. The molecule has 0 aliphatic rings. The topological polar surface area (TPSA) is 127 Å². The van der Waals surface area contributed by atoms with Gasteiger partial charge in [-0.05, 0) is 11.8 Å². The van der Waals surface area contributed by atoms with Crippen molar-refractivity contribution in [3.8, 4) is 0 Å². The van der Waals surface area contributed by atoms with Gasteiger partial charge in [-0.1, -0.05) is 27.7 Å². The molecule has 0 aromatic rings. The number of nitrogens with two attached hydrogens (primary N) is 2. The molecule has 0 radical (unpaired) electrons. The normalized spacial score (nSPS) is 14.0. The minimum absolute atomic E-state index is 0.0208.